The summed E-state index contributed by atoms with van der Waals surface area (Å²) in [5, 5.41) is 6.28. The molecule has 2 fully saturated rings. The monoisotopic (exact) mass is 689 g/mol. The Kier molecular flexibility index (Phi) is 10.0. The van der Waals surface area contributed by atoms with Crippen LogP contribution in [0.4, 0.5) is 20.8 Å². The van der Waals surface area contributed by atoms with Crippen molar-refractivity contribution >= 4 is 60.1 Å². The largest absolute Gasteiger partial charge is 0.450 e. The molecular formula is C32H45ClFN7O3SSi. The fourth-order valence-corrected chi connectivity index (χ4v) is 8.05. The van der Waals surface area contributed by atoms with E-state index in [0.717, 1.165) is 67.3 Å². The summed E-state index contributed by atoms with van der Waals surface area (Å²) in [5.41, 5.74) is 2.48. The van der Waals surface area contributed by atoms with E-state index < -0.39 is 13.9 Å². The second-order valence-corrected chi connectivity index (χ2v) is 20.4. The average Bonchev–Trinajstić information content (AvgIpc) is 3.47. The third-order valence-electron chi connectivity index (χ3n) is 9.29. The van der Waals surface area contributed by atoms with E-state index in [1.54, 1.807) is 11.1 Å². The molecule has 10 nitrogen and oxygen atoms in total. The van der Waals surface area contributed by atoms with Gasteiger partial charge in [0.25, 0.3) is 0 Å². The van der Waals surface area contributed by atoms with E-state index in [1.807, 2.05) is 10.9 Å². The summed E-state index contributed by atoms with van der Waals surface area (Å²) in [6.45, 7) is 13.3. The van der Waals surface area contributed by atoms with Crippen molar-refractivity contribution in [3.63, 3.8) is 0 Å². The lowest BCUT2D eigenvalue weighted by atomic mass is 9.98. The zero-order chi connectivity index (χ0) is 32.6. The van der Waals surface area contributed by atoms with Gasteiger partial charge in [-0.05, 0) is 51.3 Å². The minimum absolute atomic E-state index is 0.114. The Morgan fingerprint density at radius 2 is 1.91 bits per heavy atom. The predicted molar refractivity (Wildman–Crippen MR) is 185 cm³/mol. The summed E-state index contributed by atoms with van der Waals surface area (Å²) in [5.74, 6) is 1.31. The van der Waals surface area contributed by atoms with Crippen LogP contribution in [0, 0.1) is 5.82 Å². The first-order valence-corrected chi connectivity index (χ1v) is 21.7. The number of carbonyl (C=O) groups excluding carboxylic acids is 1. The second-order valence-electron chi connectivity index (χ2n) is 13.6. The topological polar surface area (TPSA) is 88.9 Å². The number of aromatic nitrogens is 4. The van der Waals surface area contributed by atoms with E-state index >= 15 is 4.39 Å². The molecule has 0 aliphatic carbocycles. The number of carbonyl (C=O) groups is 1. The van der Waals surface area contributed by atoms with Crippen LogP contribution in [-0.2, 0) is 15.9 Å². The van der Waals surface area contributed by atoms with Gasteiger partial charge < -0.3 is 24.2 Å². The highest BCUT2D eigenvalue weighted by Gasteiger charge is 2.34. The average molecular weight is 690 g/mol. The molecule has 250 valence electrons. The van der Waals surface area contributed by atoms with E-state index in [1.165, 1.54) is 17.8 Å². The van der Waals surface area contributed by atoms with Crippen LogP contribution in [0.15, 0.2) is 17.4 Å². The highest BCUT2D eigenvalue weighted by molar-refractivity contribution is 7.98. The minimum atomic E-state index is -1.27. The standard InChI is InChI=1S/C32H45ClFN7O3SSi/c1-21(27-23-20-35-41(26-10-6-7-16-43-26)25(23)19-24(34)28(27)33)40-11-8-9-22-29(36-31(45-2)37-30(22)40)38-12-14-39(15-13-38)32(42)44-17-18-46(3,4)5/h19-21,26H,6-18H2,1-5H3. The van der Waals surface area contributed by atoms with Crippen LogP contribution < -0.4 is 9.80 Å². The lowest BCUT2D eigenvalue weighted by Crippen LogP contribution is -2.50. The number of hydrogen-bond donors (Lipinski definition) is 0. The van der Waals surface area contributed by atoms with Crippen LogP contribution >= 0.6 is 23.4 Å². The van der Waals surface area contributed by atoms with Gasteiger partial charge in [0.05, 0.1) is 29.4 Å². The Hall–Kier alpha value is -2.61. The lowest BCUT2D eigenvalue weighted by molar-refractivity contribution is -0.0366. The first-order valence-electron chi connectivity index (χ1n) is 16.4. The third kappa shape index (κ3) is 6.83. The number of amides is 1. The fraction of sp³-hybridized carbons (Fsp3) is 0.625. The SMILES string of the molecule is CSc1nc(N2CCN(C(=O)OCC[Si](C)(C)C)CC2)c2c(n1)N(C(C)c1c(Cl)c(F)cc3c1cnn3C1CCCCO1)CCC2. The summed E-state index contributed by atoms with van der Waals surface area (Å²) in [7, 11) is -1.27. The second kappa shape index (κ2) is 13.9. The van der Waals surface area contributed by atoms with Crippen LogP contribution in [0.1, 0.15) is 56.0 Å². The smallest absolute Gasteiger partial charge is 0.409 e. The first-order chi connectivity index (χ1) is 22.1. The maximum atomic E-state index is 15.5. The molecule has 46 heavy (non-hydrogen) atoms. The van der Waals surface area contributed by atoms with Gasteiger partial charge >= 0.3 is 6.09 Å². The summed E-state index contributed by atoms with van der Waals surface area (Å²) in [4.78, 5) is 29.1. The van der Waals surface area contributed by atoms with E-state index in [9.17, 15) is 4.79 Å². The molecule has 0 saturated carbocycles. The Morgan fingerprint density at radius 3 is 2.61 bits per heavy atom. The molecule has 2 saturated heterocycles. The quantitative estimate of drug-likeness (QED) is 0.139. The van der Waals surface area contributed by atoms with E-state index in [-0.39, 0.29) is 23.4 Å². The number of thioether (sulfide) groups is 1. The van der Waals surface area contributed by atoms with Crippen LogP contribution in [0.25, 0.3) is 10.9 Å². The maximum Gasteiger partial charge on any atom is 0.409 e. The molecule has 2 aromatic heterocycles. The Balaban J connectivity index is 1.27. The number of anilines is 2. The Labute approximate surface area is 281 Å². The zero-order valence-corrected chi connectivity index (χ0v) is 30.1. The minimum Gasteiger partial charge on any atom is -0.450 e. The van der Waals surface area contributed by atoms with Crippen LogP contribution in [0.2, 0.25) is 30.7 Å². The van der Waals surface area contributed by atoms with Gasteiger partial charge in [0.1, 0.15) is 17.5 Å². The normalized spacial score (nSPS) is 19.8. The van der Waals surface area contributed by atoms with Crippen LogP contribution in [0.3, 0.4) is 0 Å². The van der Waals surface area contributed by atoms with E-state index in [2.05, 4.69) is 41.5 Å². The van der Waals surface area contributed by atoms with Crippen LogP contribution in [0.5, 0.6) is 0 Å². The van der Waals surface area contributed by atoms with Crippen molar-refractivity contribution in [2.24, 2.45) is 0 Å². The molecule has 0 radical (unpaired) electrons. The molecule has 1 aromatic carbocycles. The third-order valence-corrected chi connectivity index (χ3v) is 11.9. The van der Waals surface area contributed by atoms with Crippen molar-refractivity contribution in [2.45, 2.75) is 82.1 Å². The fourth-order valence-electron chi connectivity index (χ4n) is 6.66. The molecule has 2 unspecified atom stereocenters. The van der Waals surface area contributed by atoms with Crippen LogP contribution in [-0.4, -0.2) is 91.0 Å². The van der Waals surface area contributed by atoms with Gasteiger partial charge in [0.15, 0.2) is 11.4 Å². The van der Waals surface area contributed by atoms with E-state index in [4.69, 9.17) is 31.0 Å². The van der Waals surface area contributed by atoms with Crippen molar-refractivity contribution in [1.29, 1.82) is 0 Å². The molecule has 14 heteroatoms. The number of ether oxygens (including phenoxy) is 2. The lowest BCUT2D eigenvalue weighted by Gasteiger charge is -2.40. The molecule has 3 aliphatic rings. The molecule has 0 bridgehead atoms. The molecule has 1 amide bonds. The van der Waals surface area contributed by atoms with Crippen molar-refractivity contribution in [3.05, 3.63) is 34.2 Å². The Bertz CT molecular complexity index is 1570. The predicted octanol–water partition coefficient (Wildman–Crippen LogP) is 7.15. The molecule has 5 heterocycles. The van der Waals surface area contributed by atoms with Gasteiger partial charge in [0, 0.05) is 70.0 Å². The van der Waals surface area contributed by atoms with E-state index in [0.29, 0.717) is 55.6 Å². The number of benzene rings is 1. The number of rotatable bonds is 8. The number of halogens is 2. The van der Waals surface area contributed by atoms with Crippen molar-refractivity contribution in [3.8, 4) is 0 Å². The maximum absolute atomic E-state index is 15.5. The van der Waals surface area contributed by atoms with Gasteiger partial charge in [0.2, 0.25) is 0 Å². The molecular weight excluding hydrogens is 645 g/mol. The van der Waals surface area contributed by atoms with Gasteiger partial charge in [-0.3, -0.25) is 0 Å². The summed E-state index contributed by atoms with van der Waals surface area (Å²) < 4.78 is 28.9. The molecule has 0 spiro atoms. The summed E-state index contributed by atoms with van der Waals surface area (Å²) >= 11 is 8.26. The number of piperazine rings is 1. The van der Waals surface area contributed by atoms with Crippen molar-refractivity contribution in [2.75, 3.05) is 62.0 Å². The van der Waals surface area contributed by atoms with Crippen molar-refractivity contribution in [1.82, 2.24) is 24.6 Å². The summed E-state index contributed by atoms with van der Waals surface area (Å²) in [6.07, 6.45) is 7.99. The highest BCUT2D eigenvalue weighted by atomic mass is 35.5. The highest BCUT2D eigenvalue weighted by Crippen LogP contribution is 2.43. The molecule has 6 rings (SSSR count). The number of hydrogen-bond acceptors (Lipinski definition) is 9. The number of nitrogens with zero attached hydrogens (tertiary/aromatic N) is 7. The molecule has 3 aliphatic heterocycles. The van der Waals surface area contributed by atoms with Gasteiger partial charge in [-0.15, -0.1) is 0 Å². The van der Waals surface area contributed by atoms with Gasteiger partial charge in [-0.25, -0.2) is 23.8 Å². The zero-order valence-electron chi connectivity index (χ0n) is 27.5. The molecule has 3 aromatic rings. The van der Waals surface area contributed by atoms with Crippen molar-refractivity contribution < 1.29 is 18.7 Å². The number of fused-ring (bicyclic) bond motifs is 2. The first kappa shape index (κ1) is 33.3. The summed E-state index contributed by atoms with van der Waals surface area (Å²) in [6, 6.07) is 2.17. The Morgan fingerprint density at radius 1 is 1.15 bits per heavy atom. The molecule has 2 atom stereocenters. The van der Waals surface area contributed by atoms with Gasteiger partial charge in [-0.1, -0.05) is 43.0 Å². The molecule has 0 N–H and O–H groups in total. The van der Waals surface area contributed by atoms with Gasteiger partial charge in [-0.2, -0.15) is 5.10 Å².